The molecule has 88 valence electrons. The van der Waals surface area contributed by atoms with E-state index in [1.165, 1.54) is 0 Å². The molecule has 0 aliphatic carbocycles. The number of ether oxygens (including phenoxy) is 1. The molecule has 0 atom stereocenters. The molecule has 0 spiro atoms. The van der Waals surface area contributed by atoms with Crippen molar-refractivity contribution in [2.45, 2.75) is 12.8 Å². The maximum absolute atomic E-state index is 11.5. The van der Waals surface area contributed by atoms with Crippen LogP contribution in [0.3, 0.4) is 0 Å². The molecule has 0 bridgehead atoms. The van der Waals surface area contributed by atoms with Crippen molar-refractivity contribution in [2.24, 2.45) is 0 Å². The highest BCUT2D eigenvalue weighted by molar-refractivity contribution is 5.93. The average Bonchev–Trinajstić information content (AvgIpc) is 2.34. The molecule has 0 heterocycles. The Morgan fingerprint density at radius 2 is 1.88 bits per heavy atom. The molecular formula is C12H17NO3. The van der Waals surface area contributed by atoms with Gasteiger partial charge in [-0.3, -0.25) is 9.63 Å². The number of carbonyl (C=O) groups excluding carboxylic acids is 1. The molecule has 4 nitrogen and oxygen atoms in total. The number of benzene rings is 1. The summed E-state index contributed by atoms with van der Waals surface area (Å²) >= 11 is 0. The maximum Gasteiger partial charge on any atom is 0.274 e. The summed E-state index contributed by atoms with van der Waals surface area (Å²) < 4.78 is 4.90. The van der Waals surface area contributed by atoms with Crippen molar-refractivity contribution in [1.82, 2.24) is 5.48 Å². The van der Waals surface area contributed by atoms with Gasteiger partial charge >= 0.3 is 0 Å². The van der Waals surface area contributed by atoms with Crippen LogP contribution in [0, 0.1) is 0 Å². The third-order valence-corrected chi connectivity index (χ3v) is 2.05. The second kappa shape index (κ2) is 7.84. The van der Waals surface area contributed by atoms with Crippen LogP contribution in [0.2, 0.25) is 0 Å². The zero-order valence-corrected chi connectivity index (χ0v) is 9.44. The first-order chi connectivity index (χ1) is 7.84. The third-order valence-electron chi connectivity index (χ3n) is 2.05. The van der Waals surface area contributed by atoms with E-state index in [9.17, 15) is 4.79 Å². The molecule has 0 radical (unpaired) electrons. The molecule has 1 amide bonds. The summed E-state index contributed by atoms with van der Waals surface area (Å²) in [6.07, 6.45) is 1.79. The smallest absolute Gasteiger partial charge is 0.274 e. The fraction of sp³-hybridized carbons (Fsp3) is 0.417. The SMILES string of the molecule is COCCCCONC(=O)c1ccccc1. The molecular weight excluding hydrogens is 206 g/mol. The monoisotopic (exact) mass is 223 g/mol. The summed E-state index contributed by atoms with van der Waals surface area (Å²) in [5.41, 5.74) is 2.99. The highest BCUT2D eigenvalue weighted by Crippen LogP contribution is 1.97. The first-order valence-electron chi connectivity index (χ1n) is 5.30. The molecule has 1 rings (SSSR count). The highest BCUT2D eigenvalue weighted by atomic mass is 16.6. The van der Waals surface area contributed by atoms with E-state index in [4.69, 9.17) is 9.57 Å². The minimum atomic E-state index is -0.215. The van der Waals surface area contributed by atoms with Crippen molar-refractivity contribution in [1.29, 1.82) is 0 Å². The quantitative estimate of drug-likeness (QED) is 0.566. The van der Waals surface area contributed by atoms with E-state index in [2.05, 4.69) is 5.48 Å². The number of nitrogens with one attached hydrogen (secondary N) is 1. The zero-order chi connectivity index (χ0) is 11.6. The Balaban J connectivity index is 2.12. The molecule has 0 aliphatic heterocycles. The second-order valence-corrected chi connectivity index (χ2v) is 3.35. The number of methoxy groups -OCH3 is 1. The number of carbonyl (C=O) groups is 1. The van der Waals surface area contributed by atoms with Crippen LogP contribution in [0.5, 0.6) is 0 Å². The van der Waals surface area contributed by atoms with Gasteiger partial charge in [0.1, 0.15) is 0 Å². The lowest BCUT2D eigenvalue weighted by atomic mass is 10.2. The highest BCUT2D eigenvalue weighted by Gasteiger charge is 2.02. The van der Waals surface area contributed by atoms with Crippen LogP contribution in [0.1, 0.15) is 23.2 Å². The van der Waals surface area contributed by atoms with Gasteiger partial charge in [-0.1, -0.05) is 18.2 Å². The molecule has 0 aliphatic rings. The summed E-state index contributed by atoms with van der Waals surface area (Å²) in [6.45, 7) is 1.22. The van der Waals surface area contributed by atoms with E-state index in [-0.39, 0.29) is 5.91 Å². The molecule has 0 unspecified atom stereocenters. The lowest BCUT2D eigenvalue weighted by Crippen LogP contribution is -2.24. The van der Waals surface area contributed by atoms with Crippen molar-refractivity contribution >= 4 is 5.91 Å². The van der Waals surface area contributed by atoms with Crippen LogP contribution in [0.15, 0.2) is 30.3 Å². The van der Waals surface area contributed by atoms with E-state index in [0.717, 1.165) is 19.4 Å². The van der Waals surface area contributed by atoms with E-state index in [1.807, 2.05) is 18.2 Å². The molecule has 0 saturated heterocycles. The fourth-order valence-electron chi connectivity index (χ4n) is 1.19. The lowest BCUT2D eigenvalue weighted by molar-refractivity contribution is 0.0282. The first kappa shape index (κ1) is 12.7. The Morgan fingerprint density at radius 1 is 1.19 bits per heavy atom. The van der Waals surface area contributed by atoms with Crippen LogP contribution in [0.25, 0.3) is 0 Å². The minimum Gasteiger partial charge on any atom is -0.385 e. The summed E-state index contributed by atoms with van der Waals surface area (Å²) in [4.78, 5) is 16.5. The van der Waals surface area contributed by atoms with E-state index >= 15 is 0 Å². The number of rotatable bonds is 7. The Morgan fingerprint density at radius 3 is 2.56 bits per heavy atom. The van der Waals surface area contributed by atoms with Gasteiger partial charge < -0.3 is 4.74 Å². The van der Waals surface area contributed by atoms with Crippen LogP contribution in [-0.4, -0.2) is 26.2 Å². The molecule has 4 heteroatoms. The lowest BCUT2D eigenvalue weighted by Gasteiger charge is -2.05. The van der Waals surface area contributed by atoms with Crippen molar-refractivity contribution in [3.8, 4) is 0 Å². The standard InChI is InChI=1S/C12H17NO3/c1-15-9-5-6-10-16-13-12(14)11-7-3-2-4-8-11/h2-4,7-8H,5-6,9-10H2,1H3,(H,13,14). The Labute approximate surface area is 95.5 Å². The van der Waals surface area contributed by atoms with Crippen molar-refractivity contribution < 1.29 is 14.4 Å². The maximum atomic E-state index is 11.5. The number of hydrogen-bond donors (Lipinski definition) is 1. The Kier molecular flexibility index (Phi) is 6.22. The van der Waals surface area contributed by atoms with Crippen LogP contribution in [0.4, 0.5) is 0 Å². The van der Waals surface area contributed by atoms with E-state index in [1.54, 1.807) is 19.2 Å². The van der Waals surface area contributed by atoms with Gasteiger partial charge in [-0.2, -0.15) is 0 Å². The van der Waals surface area contributed by atoms with Gasteiger partial charge in [0.05, 0.1) is 6.61 Å². The Bertz CT molecular complexity index is 300. The summed E-state index contributed by atoms with van der Waals surface area (Å²) in [6, 6.07) is 8.97. The molecule has 0 saturated carbocycles. The van der Waals surface area contributed by atoms with Crippen molar-refractivity contribution in [3.63, 3.8) is 0 Å². The zero-order valence-electron chi connectivity index (χ0n) is 9.44. The summed E-state index contributed by atoms with van der Waals surface area (Å²) in [7, 11) is 1.66. The molecule has 0 aromatic heterocycles. The van der Waals surface area contributed by atoms with Gasteiger partial charge in [-0.15, -0.1) is 0 Å². The molecule has 1 aromatic rings. The third kappa shape index (κ3) is 4.91. The molecule has 16 heavy (non-hydrogen) atoms. The van der Waals surface area contributed by atoms with Gasteiger partial charge in [-0.25, -0.2) is 5.48 Å². The van der Waals surface area contributed by atoms with Gasteiger partial charge in [0.25, 0.3) is 5.91 Å². The predicted molar refractivity (Wildman–Crippen MR) is 61.0 cm³/mol. The van der Waals surface area contributed by atoms with E-state index in [0.29, 0.717) is 12.2 Å². The van der Waals surface area contributed by atoms with Crippen LogP contribution in [-0.2, 0) is 9.57 Å². The van der Waals surface area contributed by atoms with Crippen LogP contribution >= 0.6 is 0 Å². The fourth-order valence-corrected chi connectivity index (χ4v) is 1.19. The molecule has 1 aromatic carbocycles. The predicted octanol–water partition coefficient (Wildman–Crippen LogP) is 1.77. The Hall–Kier alpha value is -1.39. The number of hydrogen-bond acceptors (Lipinski definition) is 3. The molecule has 1 N–H and O–H groups in total. The second-order valence-electron chi connectivity index (χ2n) is 3.35. The van der Waals surface area contributed by atoms with Crippen LogP contribution < -0.4 is 5.48 Å². The summed E-state index contributed by atoms with van der Waals surface area (Å²) in [5, 5.41) is 0. The van der Waals surface area contributed by atoms with Gasteiger partial charge in [-0.05, 0) is 25.0 Å². The van der Waals surface area contributed by atoms with E-state index < -0.39 is 0 Å². The number of hydroxylamine groups is 1. The topological polar surface area (TPSA) is 47.6 Å². The normalized spacial score (nSPS) is 10.1. The van der Waals surface area contributed by atoms with Crippen molar-refractivity contribution in [3.05, 3.63) is 35.9 Å². The first-order valence-corrected chi connectivity index (χ1v) is 5.30. The van der Waals surface area contributed by atoms with Crippen molar-refractivity contribution in [2.75, 3.05) is 20.3 Å². The number of amides is 1. The summed E-state index contributed by atoms with van der Waals surface area (Å²) in [5.74, 6) is -0.215. The van der Waals surface area contributed by atoms with Gasteiger partial charge in [0.2, 0.25) is 0 Å². The van der Waals surface area contributed by atoms with Gasteiger partial charge in [0, 0.05) is 19.3 Å². The minimum absolute atomic E-state index is 0.215. The largest absolute Gasteiger partial charge is 0.385 e. The molecule has 0 fully saturated rings. The number of unbranched alkanes of at least 4 members (excludes halogenated alkanes) is 1. The average molecular weight is 223 g/mol. The van der Waals surface area contributed by atoms with Gasteiger partial charge in [0.15, 0.2) is 0 Å².